The molecule has 2 nitrogen and oxygen atoms in total. The van der Waals surface area contributed by atoms with Crippen LogP contribution in [-0.2, 0) is 0 Å². The van der Waals surface area contributed by atoms with Crippen LogP contribution in [0.1, 0.15) is 24.0 Å². The van der Waals surface area contributed by atoms with E-state index >= 15 is 0 Å². The number of hydrogen-bond acceptors (Lipinski definition) is 2. The average Bonchev–Trinajstić information content (AvgIpc) is 2.38. The van der Waals surface area contributed by atoms with Gasteiger partial charge in [0.05, 0.1) is 0 Å². The molecule has 2 aromatic rings. The van der Waals surface area contributed by atoms with E-state index in [9.17, 15) is 0 Å². The molecular formula is C16H18N2. The van der Waals surface area contributed by atoms with Crippen molar-refractivity contribution in [1.29, 1.82) is 0 Å². The van der Waals surface area contributed by atoms with Gasteiger partial charge in [0.1, 0.15) is 0 Å². The molecule has 0 aliphatic rings. The van der Waals surface area contributed by atoms with E-state index in [2.05, 4.69) is 31.2 Å². The summed E-state index contributed by atoms with van der Waals surface area (Å²) in [4.78, 5) is 0. The molecule has 0 spiro atoms. The number of benzene rings is 2. The molecule has 0 aliphatic heterocycles. The summed E-state index contributed by atoms with van der Waals surface area (Å²) in [7, 11) is 0. The van der Waals surface area contributed by atoms with Crippen molar-refractivity contribution in [3.8, 4) is 0 Å². The molecule has 1 unspecified atom stereocenters. The standard InChI is InChI=1S/C16H18N2/c1-12(14-6-10-16(18)11-7-14)2-3-13-4-8-15(17)9-5-13/h2-12H,17-18H2,1H3/b3-2-. The van der Waals surface area contributed by atoms with Crippen LogP contribution in [0.2, 0.25) is 0 Å². The Bertz CT molecular complexity index is 524. The van der Waals surface area contributed by atoms with Crippen LogP contribution in [0.3, 0.4) is 0 Å². The van der Waals surface area contributed by atoms with Gasteiger partial charge in [0, 0.05) is 11.4 Å². The normalized spacial score (nSPS) is 12.7. The Morgan fingerprint density at radius 2 is 1.33 bits per heavy atom. The lowest BCUT2D eigenvalue weighted by atomic mass is 9.99. The number of rotatable bonds is 3. The molecule has 0 radical (unpaired) electrons. The zero-order valence-electron chi connectivity index (χ0n) is 10.5. The highest BCUT2D eigenvalue weighted by Gasteiger charge is 2.00. The van der Waals surface area contributed by atoms with Gasteiger partial charge in [0.25, 0.3) is 0 Å². The van der Waals surface area contributed by atoms with E-state index in [0.717, 1.165) is 16.9 Å². The molecule has 18 heavy (non-hydrogen) atoms. The van der Waals surface area contributed by atoms with Gasteiger partial charge < -0.3 is 11.5 Å². The SMILES string of the molecule is CC(/C=C\c1ccc(N)cc1)c1ccc(N)cc1. The first-order chi connectivity index (χ1) is 8.65. The Kier molecular flexibility index (Phi) is 3.68. The lowest BCUT2D eigenvalue weighted by Gasteiger charge is -2.07. The quantitative estimate of drug-likeness (QED) is 0.802. The molecule has 0 bridgehead atoms. The molecule has 0 saturated carbocycles. The minimum Gasteiger partial charge on any atom is -0.399 e. The monoisotopic (exact) mass is 238 g/mol. The summed E-state index contributed by atoms with van der Waals surface area (Å²) >= 11 is 0. The van der Waals surface area contributed by atoms with Crippen LogP contribution in [0.5, 0.6) is 0 Å². The number of allylic oxidation sites excluding steroid dienone is 1. The van der Waals surface area contributed by atoms with Crippen molar-refractivity contribution >= 4 is 17.5 Å². The molecule has 2 aromatic carbocycles. The van der Waals surface area contributed by atoms with Gasteiger partial charge in [-0.05, 0) is 41.3 Å². The van der Waals surface area contributed by atoms with E-state index in [4.69, 9.17) is 11.5 Å². The number of anilines is 2. The van der Waals surface area contributed by atoms with E-state index in [1.54, 1.807) is 0 Å². The molecule has 2 heteroatoms. The average molecular weight is 238 g/mol. The third-order valence-corrected chi connectivity index (χ3v) is 2.98. The molecule has 0 heterocycles. The summed E-state index contributed by atoms with van der Waals surface area (Å²) in [5.74, 6) is 0.364. The molecule has 0 aliphatic carbocycles. The maximum absolute atomic E-state index is 5.68. The van der Waals surface area contributed by atoms with E-state index in [1.807, 2.05) is 36.4 Å². The van der Waals surface area contributed by atoms with Gasteiger partial charge in [0.2, 0.25) is 0 Å². The van der Waals surface area contributed by atoms with Gasteiger partial charge in [-0.1, -0.05) is 43.3 Å². The van der Waals surface area contributed by atoms with Gasteiger partial charge in [-0.2, -0.15) is 0 Å². The predicted molar refractivity (Wildman–Crippen MR) is 79.2 cm³/mol. The second kappa shape index (κ2) is 5.41. The van der Waals surface area contributed by atoms with Gasteiger partial charge in [-0.25, -0.2) is 0 Å². The van der Waals surface area contributed by atoms with Crippen molar-refractivity contribution in [1.82, 2.24) is 0 Å². The van der Waals surface area contributed by atoms with Gasteiger partial charge in [-0.15, -0.1) is 0 Å². The first-order valence-electron chi connectivity index (χ1n) is 6.04. The summed E-state index contributed by atoms with van der Waals surface area (Å²) in [6, 6.07) is 15.8. The topological polar surface area (TPSA) is 52.0 Å². The van der Waals surface area contributed by atoms with Crippen LogP contribution < -0.4 is 11.5 Å². The highest BCUT2D eigenvalue weighted by atomic mass is 14.5. The smallest absolute Gasteiger partial charge is 0.0314 e. The van der Waals surface area contributed by atoms with Gasteiger partial charge >= 0.3 is 0 Å². The van der Waals surface area contributed by atoms with Gasteiger partial charge in [0.15, 0.2) is 0 Å². The van der Waals surface area contributed by atoms with E-state index < -0.39 is 0 Å². The Morgan fingerprint density at radius 3 is 1.89 bits per heavy atom. The first kappa shape index (κ1) is 12.2. The Balaban J connectivity index is 2.08. The molecule has 92 valence electrons. The highest BCUT2D eigenvalue weighted by molar-refractivity contribution is 5.54. The third kappa shape index (κ3) is 3.14. The molecule has 0 aromatic heterocycles. The minimum atomic E-state index is 0.364. The Labute approximate surface area is 108 Å². The largest absolute Gasteiger partial charge is 0.399 e. The number of nitrogen functional groups attached to an aromatic ring is 2. The fraction of sp³-hybridized carbons (Fsp3) is 0.125. The lowest BCUT2D eigenvalue weighted by Crippen LogP contribution is -1.90. The summed E-state index contributed by atoms with van der Waals surface area (Å²) < 4.78 is 0. The van der Waals surface area contributed by atoms with Crippen molar-refractivity contribution in [2.75, 3.05) is 11.5 Å². The molecule has 2 rings (SSSR count). The number of nitrogens with two attached hydrogens (primary N) is 2. The molecular weight excluding hydrogens is 220 g/mol. The molecule has 1 atom stereocenters. The molecule has 4 N–H and O–H groups in total. The molecule has 0 saturated heterocycles. The van der Waals surface area contributed by atoms with E-state index in [1.165, 1.54) is 5.56 Å². The molecule has 0 fully saturated rings. The van der Waals surface area contributed by atoms with Crippen LogP contribution >= 0.6 is 0 Å². The maximum Gasteiger partial charge on any atom is 0.0314 e. The predicted octanol–water partition coefficient (Wildman–Crippen LogP) is 3.67. The van der Waals surface area contributed by atoms with Gasteiger partial charge in [-0.3, -0.25) is 0 Å². The van der Waals surface area contributed by atoms with Crippen LogP contribution in [0.4, 0.5) is 11.4 Å². The number of hydrogen-bond donors (Lipinski definition) is 2. The summed E-state index contributed by atoms with van der Waals surface area (Å²) in [5.41, 5.74) is 15.3. The minimum absolute atomic E-state index is 0.364. The first-order valence-corrected chi connectivity index (χ1v) is 6.04. The lowest BCUT2D eigenvalue weighted by molar-refractivity contribution is 0.973. The van der Waals surface area contributed by atoms with Crippen LogP contribution in [0.25, 0.3) is 6.08 Å². The fourth-order valence-corrected chi connectivity index (χ4v) is 1.77. The maximum atomic E-state index is 5.68. The van der Waals surface area contributed by atoms with Crippen molar-refractivity contribution in [3.05, 3.63) is 65.7 Å². The van der Waals surface area contributed by atoms with Crippen molar-refractivity contribution in [2.24, 2.45) is 0 Å². The Morgan fingerprint density at radius 1 is 0.833 bits per heavy atom. The Hall–Kier alpha value is -2.22. The van der Waals surface area contributed by atoms with Crippen LogP contribution in [0, 0.1) is 0 Å². The van der Waals surface area contributed by atoms with Crippen LogP contribution in [-0.4, -0.2) is 0 Å². The van der Waals surface area contributed by atoms with Crippen molar-refractivity contribution < 1.29 is 0 Å². The van der Waals surface area contributed by atoms with E-state index in [0.29, 0.717) is 5.92 Å². The summed E-state index contributed by atoms with van der Waals surface area (Å²) in [6.07, 6.45) is 4.29. The van der Waals surface area contributed by atoms with Crippen molar-refractivity contribution in [3.63, 3.8) is 0 Å². The zero-order chi connectivity index (χ0) is 13.0. The van der Waals surface area contributed by atoms with Crippen molar-refractivity contribution in [2.45, 2.75) is 12.8 Å². The second-order valence-electron chi connectivity index (χ2n) is 4.48. The third-order valence-electron chi connectivity index (χ3n) is 2.98. The van der Waals surface area contributed by atoms with Crippen LogP contribution in [0.15, 0.2) is 54.6 Å². The fourth-order valence-electron chi connectivity index (χ4n) is 1.77. The summed E-state index contributed by atoms with van der Waals surface area (Å²) in [5, 5.41) is 0. The summed E-state index contributed by atoms with van der Waals surface area (Å²) in [6.45, 7) is 2.17. The van der Waals surface area contributed by atoms with E-state index in [-0.39, 0.29) is 0 Å². The zero-order valence-corrected chi connectivity index (χ0v) is 10.5. The highest BCUT2D eigenvalue weighted by Crippen LogP contribution is 2.19. The second-order valence-corrected chi connectivity index (χ2v) is 4.48. The molecule has 0 amide bonds.